The summed E-state index contributed by atoms with van der Waals surface area (Å²) in [4.78, 5) is 28.1. The molecule has 0 spiro atoms. The summed E-state index contributed by atoms with van der Waals surface area (Å²) in [5, 5.41) is 15.3. The second kappa shape index (κ2) is 6.38. The zero-order valence-electron chi connectivity index (χ0n) is 11.4. The van der Waals surface area contributed by atoms with E-state index < -0.39 is 5.97 Å². The topological polar surface area (TPSA) is 92.8 Å². The number of nitrogens with zero attached hydrogens (tertiary/aromatic N) is 4. The third-order valence-corrected chi connectivity index (χ3v) is 3.30. The van der Waals surface area contributed by atoms with Crippen LogP contribution in [0.3, 0.4) is 0 Å². The lowest BCUT2D eigenvalue weighted by Gasteiger charge is -2.35. The molecular weight excluding hydrogens is 262 g/mol. The Bertz CT molecular complexity index is 454. The number of hydrogen-bond donors (Lipinski definition) is 2. The number of carboxylic acid groups (broad SMARTS) is 1. The maximum absolute atomic E-state index is 12.2. The number of rotatable bonds is 4. The quantitative estimate of drug-likeness (QED) is 0.788. The van der Waals surface area contributed by atoms with E-state index in [1.807, 2.05) is 4.90 Å². The molecule has 0 aromatic carbocycles. The summed E-state index contributed by atoms with van der Waals surface area (Å²) in [5.74, 6) is -0.832. The number of carboxylic acids is 1. The number of H-pyrrole nitrogens is 1. The summed E-state index contributed by atoms with van der Waals surface area (Å²) in [6, 6.07) is -0.0406. The van der Waals surface area contributed by atoms with Gasteiger partial charge in [0.25, 0.3) is 0 Å². The van der Waals surface area contributed by atoms with Crippen molar-refractivity contribution in [2.75, 3.05) is 39.8 Å². The molecule has 2 heterocycles. The van der Waals surface area contributed by atoms with Crippen LogP contribution in [0.15, 0.2) is 12.4 Å². The number of aromatic nitrogens is 2. The Morgan fingerprint density at radius 2 is 2.10 bits per heavy atom. The van der Waals surface area contributed by atoms with Gasteiger partial charge in [0.05, 0.1) is 19.3 Å². The normalized spacial score (nSPS) is 16.1. The third-order valence-electron chi connectivity index (χ3n) is 3.30. The van der Waals surface area contributed by atoms with E-state index in [1.165, 1.54) is 0 Å². The largest absolute Gasteiger partial charge is 0.480 e. The highest BCUT2D eigenvalue weighted by atomic mass is 16.4. The maximum atomic E-state index is 12.2. The van der Waals surface area contributed by atoms with Crippen molar-refractivity contribution in [2.45, 2.75) is 6.54 Å². The number of amides is 2. The molecule has 1 aliphatic heterocycles. The molecule has 2 rings (SSSR count). The second-order valence-electron chi connectivity index (χ2n) is 4.90. The molecule has 0 saturated carbocycles. The minimum absolute atomic E-state index is 0.0346. The van der Waals surface area contributed by atoms with Crippen molar-refractivity contribution in [3.05, 3.63) is 18.0 Å². The van der Waals surface area contributed by atoms with Crippen LogP contribution < -0.4 is 0 Å². The monoisotopic (exact) mass is 281 g/mol. The Hall–Kier alpha value is -2.09. The van der Waals surface area contributed by atoms with E-state index in [0.717, 1.165) is 5.56 Å². The molecular formula is C12H19N5O3. The summed E-state index contributed by atoms with van der Waals surface area (Å²) in [5.41, 5.74) is 0.949. The number of aromatic amines is 1. The molecule has 0 radical (unpaired) electrons. The van der Waals surface area contributed by atoms with Crippen molar-refractivity contribution in [1.82, 2.24) is 24.9 Å². The van der Waals surface area contributed by atoms with Gasteiger partial charge >= 0.3 is 12.0 Å². The minimum Gasteiger partial charge on any atom is -0.480 e. The van der Waals surface area contributed by atoms with Crippen LogP contribution in [-0.4, -0.2) is 81.8 Å². The van der Waals surface area contributed by atoms with Crippen LogP contribution in [0.2, 0.25) is 0 Å². The standard InChI is InChI=1S/C12H19N5O3/c1-15(8-10-6-13-14-7-10)12(20)17-4-2-16(3-5-17)9-11(18)19/h6-7H,2-5,8-9H2,1H3,(H,13,14)(H,18,19). The van der Waals surface area contributed by atoms with E-state index in [0.29, 0.717) is 32.7 Å². The fourth-order valence-electron chi connectivity index (χ4n) is 2.24. The maximum Gasteiger partial charge on any atom is 0.320 e. The van der Waals surface area contributed by atoms with E-state index in [9.17, 15) is 9.59 Å². The Balaban J connectivity index is 1.80. The molecule has 20 heavy (non-hydrogen) atoms. The molecule has 0 unspecified atom stereocenters. The molecule has 1 aromatic rings. The lowest BCUT2D eigenvalue weighted by Crippen LogP contribution is -2.52. The van der Waals surface area contributed by atoms with Crippen LogP contribution in [0.1, 0.15) is 5.56 Å². The van der Waals surface area contributed by atoms with Crippen LogP contribution in [0.4, 0.5) is 4.79 Å². The Morgan fingerprint density at radius 3 is 2.65 bits per heavy atom. The zero-order valence-corrected chi connectivity index (χ0v) is 11.4. The molecule has 1 aromatic heterocycles. The van der Waals surface area contributed by atoms with Crippen molar-refractivity contribution in [3.63, 3.8) is 0 Å². The van der Waals surface area contributed by atoms with Crippen LogP contribution in [-0.2, 0) is 11.3 Å². The molecule has 8 nitrogen and oxygen atoms in total. The lowest BCUT2D eigenvalue weighted by molar-refractivity contribution is -0.138. The molecule has 110 valence electrons. The van der Waals surface area contributed by atoms with Gasteiger partial charge in [0.15, 0.2) is 0 Å². The van der Waals surface area contributed by atoms with Gasteiger partial charge in [0, 0.05) is 45.0 Å². The van der Waals surface area contributed by atoms with Gasteiger partial charge in [-0.2, -0.15) is 5.10 Å². The minimum atomic E-state index is -0.832. The number of carbonyl (C=O) groups excluding carboxylic acids is 1. The molecule has 0 aliphatic carbocycles. The molecule has 1 aliphatic rings. The van der Waals surface area contributed by atoms with Crippen molar-refractivity contribution in [3.8, 4) is 0 Å². The number of aliphatic carboxylic acids is 1. The van der Waals surface area contributed by atoms with E-state index in [4.69, 9.17) is 5.11 Å². The average Bonchev–Trinajstić information content (AvgIpc) is 2.91. The smallest absolute Gasteiger partial charge is 0.320 e. The highest BCUT2D eigenvalue weighted by Gasteiger charge is 2.24. The molecule has 0 bridgehead atoms. The van der Waals surface area contributed by atoms with Gasteiger partial charge in [-0.25, -0.2) is 4.79 Å². The van der Waals surface area contributed by atoms with E-state index in [-0.39, 0.29) is 12.6 Å². The highest BCUT2D eigenvalue weighted by Crippen LogP contribution is 2.07. The Kier molecular flexibility index (Phi) is 4.57. The SMILES string of the molecule is CN(Cc1cn[nH]c1)C(=O)N1CCN(CC(=O)O)CC1. The molecule has 0 atom stereocenters. The summed E-state index contributed by atoms with van der Waals surface area (Å²) in [7, 11) is 1.75. The first-order chi connectivity index (χ1) is 9.56. The Morgan fingerprint density at radius 1 is 1.40 bits per heavy atom. The van der Waals surface area contributed by atoms with E-state index >= 15 is 0 Å². The van der Waals surface area contributed by atoms with Crippen molar-refractivity contribution < 1.29 is 14.7 Å². The van der Waals surface area contributed by atoms with Gasteiger partial charge in [-0.3, -0.25) is 14.8 Å². The zero-order chi connectivity index (χ0) is 14.5. The molecule has 1 fully saturated rings. The first-order valence-electron chi connectivity index (χ1n) is 6.48. The average molecular weight is 281 g/mol. The number of carbonyl (C=O) groups is 2. The molecule has 8 heteroatoms. The van der Waals surface area contributed by atoms with Gasteiger partial charge < -0.3 is 14.9 Å². The van der Waals surface area contributed by atoms with Crippen LogP contribution in [0, 0.1) is 0 Å². The van der Waals surface area contributed by atoms with E-state index in [2.05, 4.69) is 10.2 Å². The van der Waals surface area contributed by atoms with Gasteiger partial charge in [0.2, 0.25) is 0 Å². The summed E-state index contributed by atoms with van der Waals surface area (Å²) in [6.07, 6.45) is 3.45. The number of urea groups is 1. The van der Waals surface area contributed by atoms with E-state index in [1.54, 1.807) is 29.2 Å². The van der Waals surface area contributed by atoms with Gasteiger partial charge in [-0.1, -0.05) is 0 Å². The summed E-state index contributed by atoms with van der Waals surface area (Å²) < 4.78 is 0. The van der Waals surface area contributed by atoms with Crippen molar-refractivity contribution in [2.24, 2.45) is 0 Å². The second-order valence-corrected chi connectivity index (χ2v) is 4.90. The highest BCUT2D eigenvalue weighted by molar-refractivity contribution is 5.74. The summed E-state index contributed by atoms with van der Waals surface area (Å²) in [6.45, 7) is 2.84. The first kappa shape index (κ1) is 14.3. The van der Waals surface area contributed by atoms with Gasteiger partial charge in [-0.05, 0) is 0 Å². The predicted molar refractivity (Wildman–Crippen MR) is 71.1 cm³/mol. The van der Waals surface area contributed by atoms with Gasteiger partial charge in [0.1, 0.15) is 0 Å². The van der Waals surface area contributed by atoms with Crippen molar-refractivity contribution in [1.29, 1.82) is 0 Å². The number of hydrogen-bond acceptors (Lipinski definition) is 4. The van der Waals surface area contributed by atoms with Crippen LogP contribution in [0.5, 0.6) is 0 Å². The Labute approximate surface area is 117 Å². The summed E-state index contributed by atoms with van der Waals surface area (Å²) >= 11 is 0. The van der Waals surface area contributed by atoms with Crippen molar-refractivity contribution >= 4 is 12.0 Å². The molecule has 1 saturated heterocycles. The number of nitrogens with one attached hydrogen (secondary N) is 1. The molecule has 2 N–H and O–H groups in total. The van der Waals surface area contributed by atoms with Crippen LogP contribution >= 0.6 is 0 Å². The first-order valence-corrected chi connectivity index (χ1v) is 6.48. The fourth-order valence-corrected chi connectivity index (χ4v) is 2.24. The lowest BCUT2D eigenvalue weighted by atomic mass is 10.3. The number of piperazine rings is 1. The van der Waals surface area contributed by atoms with Gasteiger partial charge in [-0.15, -0.1) is 0 Å². The third kappa shape index (κ3) is 3.70. The molecule has 2 amide bonds. The van der Waals surface area contributed by atoms with Crippen LogP contribution in [0.25, 0.3) is 0 Å². The predicted octanol–water partition coefficient (Wildman–Crippen LogP) is -0.336. The fraction of sp³-hybridized carbons (Fsp3) is 0.583.